The maximum absolute atomic E-state index is 3.75. The molecule has 2 heterocycles. The van der Waals surface area contributed by atoms with Crippen molar-refractivity contribution in [1.82, 2.24) is 10.2 Å². The molecule has 0 aliphatic carbocycles. The summed E-state index contributed by atoms with van der Waals surface area (Å²) in [4.78, 5) is 2.63. The molecule has 0 amide bonds. The summed E-state index contributed by atoms with van der Waals surface area (Å²) in [6.07, 6.45) is 4.04. The van der Waals surface area contributed by atoms with Crippen LogP contribution in [-0.4, -0.2) is 48.6 Å². The van der Waals surface area contributed by atoms with Gasteiger partial charge < -0.3 is 10.2 Å². The number of thioether (sulfide) groups is 1. The minimum atomic E-state index is 0.752. The van der Waals surface area contributed by atoms with Gasteiger partial charge in [-0.05, 0) is 48.8 Å². The fourth-order valence-electron chi connectivity index (χ4n) is 3.36. The lowest BCUT2D eigenvalue weighted by atomic mass is 9.99. The van der Waals surface area contributed by atoms with E-state index in [0.717, 1.165) is 18.5 Å². The number of likely N-dealkylation sites (tertiary alicyclic amines) is 1. The molecule has 0 saturated carbocycles. The number of nitrogens with zero attached hydrogens (tertiary/aromatic N) is 1. The van der Waals surface area contributed by atoms with E-state index in [9.17, 15) is 0 Å². The molecule has 1 aromatic carbocycles. The third-order valence-corrected chi connectivity index (χ3v) is 5.67. The van der Waals surface area contributed by atoms with Crippen molar-refractivity contribution in [3.63, 3.8) is 0 Å². The number of rotatable bonds is 5. The summed E-state index contributed by atoms with van der Waals surface area (Å²) in [5.41, 5.74) is 1.52. The van der Waals surface area contributed by atoms with Gasteiger partial charge in [0.1, 0.15) is 0 Å². The van der Waals surface area contributed by atoms with Crippen LogP contribution in [0.25, 0.3) is 0 Å². The van der Waals surface area contributed by atoms with Gasteiger partial charge in [0.25, 0.3) is 0 Å². The van der Waals surface area contributed by atoms with Gasteiger partial charge >= 0.3 is 0 Å². The van der Waals surface area contributed by atoms with E-state index in [0.29, 0.717) is 0 Å². The van der Waals surface area contributed by atoms with Crippen molar-refractivity contribution in [3.8, 4) is 0 Å². The summed E-state index contributed by atoms with van der Waals surface area (Å²) in [7, 11) is 0. The van der Waals surface area contributed by atoms with Crippen LogP contribution in [0.15, 0.2) is 30.3 Å². The van der Waals surface area contributed by atoms with Gasteiger partial charge in [-0.15, -0.1) is 0 Å². The quantitative estimate of drug-likeness (QED) is 0.897. The molecule has 0 radical (unpaired) electrons. The van der Waals surface area contributed by atoms with Crippen LogP contribution in [0.1, 0.15) is 30.7 Å². The van der Waals surface area contributed by atoms with Crippen LogP contribution in [0.4, 0.5) is 0 Å². The molecule has 3 heteroatoms. The van der Waals surface area contributed by atoms with E-state index >= 15 is 0 Å². The normalized spacial score (nSPS) is 25.1. The fourth-order valence-corrected chi connectivity index (χ4v) is 4.47. The van der Waals surface area contributed by atoms with Crippen molar-refractivity contribution in [1.29, 1.82) is 0 Å². The molecule has 2 aliphatic rings. The Balaban J connectivity index is 1.37. The average molecular weight is 290 g/mol. The molecular weight excluding hydrogens is 264 g/mol. The van der Waals surface area contributed by atoms with E-state index in [-0.39, 0.29) is 0 Å². The van der Waals surface area contributed by atoms with Crippen molar-refractivity contribution < 1.29 is 0 Å². The van der Waals surface area contributed by atoms with Crippen LogP contribution in [0.2, 0.25) is 0 Å². The Morgan fingerprint density at radius 2 is 1.90 bits per heavy atom. The van der Waals surface area contributed by atoms with E-state index in [2.05, 4.69) is 52.3 Å². The Morgan fingerprint density at radius 3 is 2.70 bits per heavy atom. The van der Waals surface area contributed by atoms with Gasteiger partial charge in [-0.1, -0.05) is 30.3 Å². The first-order chi connectivity index (χ1) is 9.92. The molecule has 1 atom stereocenters. The van der Waals surface area contributed by atoms with Crippen molar-refractivity contribution >= 4 is 11.8 Å². The summed E-state index contributed by atoms with van der Waals surface area (Å²) in [6.45, 7) is 4.89. The molecule has 0 spiro atoms. The molecule has 0 bridgehead atoms. The molecule has 2 saturated heterocycles. The summed E-state index contributed by atoms with van der Waals surface area (Å²) in [6, 6.07) is 11.8. The van der Waals surface area contributed by atoms with Gasteiger partial charge in [0, 0.05) is 25.7 Å². The molecule has 0 aromatic heterocycles. The van der Waals surface area contributed by atoms with Gasteiger partial charge in [-0.25, -0.2) is 0 Å². The molecular formula is C17H26N2S. The minimum Gasteiger partial charge on any atom is -0.313 e. The van der Waals surface area contributed by atoms with E-state index in [4.69, 9.17) is 0 Å². The van der Waals surface area contributed by atoms with Gasteiger partial charge in [0.15, 0.2) is 0 Å². The predicted molar refractivity (Wildman–Crippen MR) is 88.6 cm³/mol. The zero-order valence-electron chi connectivity index (χ0n) is 12.3. The Kier molecular flexibility index (Phi) is 5.40. The first-order valence-electron chi connectivity index (χ1n) is 8.00. The standard InChI is InChI=1S/C17H26N2S/c1-2-4-15(5-3-1)16-6-10-19(14-16)11-9-18-17-7-12-20-13-8-17/h1-5,16-18H,6-14H2/t16-/m1/s1. The summed E-state index contributed by atoms with van der Waals surface area (Å²) < 4.78 is 0. The van der Waals surface area contributed by atoms with Crippen LogP contribution in [0.5, 0.6) is 0 Å². The smallest absolute Gasteiger partial charge is 0.0107 e. The third kappa shape index (κ3) is 4.00. The third-order valence-electron chi connectivity index (χ3n) is 4.63. The van der Waals surface area contributed by atoms with Gasteiger partial charge in [-0.3, -0.25) is 0 Å². The van der Waals surface area contributed by atoms with Crippen molar-refractivity contribution in [2.24, 2.45) is 0 Å². The zero-order valence-corrected chi connectivity index (χ0v) is 13.1. The topological polar surface area (TPSA) is 15.3 Å². The van der Waals surface area contributed by atoms with Crippen molar-refractivity contribution in [3.05, 3.63) is 35.9 Å². The Morgan fingerprint density at radius 1 is 1.10 bits per heavy atom. The lowest BCUT2D eigenvalue weighted by Crippen LogP contribution is -2.38. The van der Waals surface area contributed by atoms with Gasteiger partial charge in [-0.2, -0.15) is 11.8 Å². The van der Waals surface area contributed by atoms with E-state index in [1.54, 1.807) is 0 Å². The Labute approximate surface area is 127 Å². The summed E-state index contributed by atoms with van der Waals surface area (Å²) >= 11 is 2.10. The monoisotopic (exact) mass is 290 g/mol. The molecule has 110 valence electrons. The average Bonchev–Trinajstić information content (AvgIpc) is 2.98. The second-order valence-electron chi connectivity index (χ2n) is 6.04. The van der Waals surface area contributed by atoms with Crippen LogP contribution in [0.3, 0.4) is 0 Å². The highest BCUT2D eigenvalue weighted by atomic mass is 32.2. The highest BCUT2D eigenvalue weighted by Gasteiger charge is 2.23. The Bertz CT molecular complexity index is 389. The first kappa shape index (κ1) is 14.4. The Hall–Kier alpha value is -0.510. The molecule has 1 N–H and O–H groups in total. The molecule has 1 aromatic rings. The lowest BCUT2D eigenvalue weighted by Gasteiger charge is -2.24. The van der Waals surface area contributed by atoms with Crippen LogP contribution in [0, 0.1) is 0 Å². The van der Waals surface area contributed by atoms with Gasteiger partial charge in [0.2, 0.25) is 0 Å². The molecule has 2 aliphatic heterocycles. The number of nitrogens with one attached hydrogen (secondary N) is 1. The van der Waals surface area contributed by atoms with Gasteiger partial charge in [0.05, 0.1) is 0 Å². The lowest BCUT2D eigenvalue weighted by molar-refractivity contribution is 0.320. The summed E-state index contributed by atoms with van der Waals surface area (Å²) in [5, 5.41) is 3.75. The number of hydrogen-bond acceptors (Lipinski definition) is 3. The second-order valence-corrected chi connectivity index (χ2v) is 7.26. The van der Waals surface area contributed by atoms with E-state index in [1.807, 2.05) is 0 Å². The van der Waals surface area contributed by atoms with Crippen molar-refractivity contribution in [2.75, 3.05) is 37.7 Å². The summed E-state index contributed by atoms with van der Waals surface area (Å²) in [5.74, 6) is 3.44. The highest BCUT2D eigenvalue weighted by Crippen LogP contribution is 2.26. The first-order valence-corrected chi connectivity index (χ1v) is 9.16. The molecule has 3 rings (SSSR count). The largest absolute Gasteiger partial charge is 0.313 e. The zero-order chi connectivity index (χ0) is 13.6. The van der Waals surface area contributed by atoms with Crippen molar-refractivity contribution in [2.45, 2.75) is 31.2 Å². The number of hydrogen-bond donors (Lipinski definition) is 1. The maximum Gasteiger partial charge on any atom is 0.0107 e. The molecule has 2 fully saturated rings. The van der Waals surface area contributed by atoms with E-state index in [1.165, 1.54) is 56.0 Å². The van der Waals surface area contributed by atoms with Crippen LogP contribution >= 0.6 is 11.8 Å². The van der Waals surface area contributed by atoms with Crippen LogP contribution in [-0.2, 0) is 0 Å². The SMILES string of the molecule is c1ccc([C@@H]2CCN(CCNC3CCSCC3)C2)cc1. The highest BCUT2D eigenvalue weighted by molar-refractivity contribution is 7.99. The van der Waals surface area contributed by atoms with Crippen LogP contribution < -0.4 is 5.32 Å². The number of benzene rings is 1. The molecule has 0 unspecified atom stereocenters. The fraction of sp³-hybridized carbons (Fsp3) is 0.647. The second kappa shape index (κ2) is 7.48. The predicted octanol–water partition coefficient (Wildman–Crippen LogP) is 2.96. The maximum atomic E-state index is 3.75. The minimum absolute atomic E-state index is 0.752. The molecule has 2 nitrogen and oxygen atoms in total. The molecule has 20 heavy (non-hydrogen) atoms. The van der Waals surface area contributed by atoms with E-state index < -0.39 is 0 Å².